The molecular weight excluding hydrogens is 352 g/mol. The minimum Gasteiger partial charge on any atom is -0.304 e. The first kappa shape index (κ1) is 16.3. The van der Waals surface area contributed by atoms with Crippen molar-refractivity contribution in [1.82, 2.24) is 24.4 Å². The largest absolute Gasteiger partial charge is 0.304 e. The Balaban J connectivity index is 1.51. The van der Waals surface area contributed by atoms with Crippen molar-refractivity contribution in [2.24, 2.45) is 0 Å². The molecule has 3 heterocycles. The van der Waals surface area contributed by atoms with Crippen LogP contribution in [0.4, 0.5) is 5.82 Å². The predicted molar refractivity (Wildman–Crippen MR) is 98.5 cm³/mol. The maximum absolute atomic E-state index is 12.5. The van der Waals surface area contributed by atoms with Crippen molar-refractivity contribution in [2.75, 3.05) is 5.32 Å². The van der Waals surface area contributed by atoms with E-state index in [1.54, 1.807) is 29.2 Å². The molecule has 4 rings (SSSR count). The Kier molecular flexibility index (Phi) is 4.14. The number of anilines is 1. The number of aryl methyl sites for hydroxylation is 1. The lowest BCUT2D eigenvalue weighted by molar-refractivity contribution is 0.102. The van der Waals surface area contributed by atoms with Gasteiger partial charge in [-0.2, -0.15) is 10.2 Å². The second-order valence-electron chi connectivity index (χ2n) is 5.89. The minimum atomic E-state index is -0.429. The molecule has 1 amide bonds. The molecule has 0 saturated carbocycles. The van der Waals surface area contributed by atoms with Gasteiger partial charge in [0.2, 0.25) is 0 Å². The van der Waals surface area contributed by atoms with Crippen LogP contribution in [0.3, 0.4) is 0 Å². The highest BCUT2D eigenvalue weighted by Crippen LogP contribution is 2.20. The van der Waals surface area contributed by atoms with Crippen LogP contribution < -0.4 is 5.32 Å². The summed E-state index contributed by atoms with van der Waals surface area (Å²) in [6.07, 6.45) is 5.09. The van der Waals surface area contributed by atoms with Gasteiger partial charge in [0.05, 0.1) is 6.54 Å². The van der Waals surface area contributed by atoms with Gasteiger partial charge in [-0.25, -0.2) is 9.50 Å². The number of rotatable bonds is 4. The molecule has 0 saturated heterocycles. The minimum absolute atomic E-state index is 0.110. The molecule has 0 aliphatic rings. The molecule has 1 aromatic carbocycles. The van der Waals surface area contributed by atoms with Crippen LogP contribution in [0.15, 0.2) is 55.0 Å². The lowest BCUT2D eigenvalue weighted by Gasteiger charge is -2.03. The summed E-state index contributed by atoms with van der Waals surface area (Å²) < 4.78 is 3.23. The molecule has 0 aliphatic carbocycles. The summed E-state index contributed by atoms with van der Waals surface area (Å²) in [7, 11) is 0. The highest BCUT2D eigenvalue weighted by atomic mass is 35.5. The van der Waals surface area contributed by atoms with E-state index in [1.807, 2.05) is 31.3 Å². The summed E-state index contributed by atoms with van der Waals surface area (Å²) in [6, 6.07) is 11.6. The number of fused-ring (bicyclic) bond motifs is 1. The summed E-state index contributed by atoms with van der Waals surface area (Å²) in [5, 5.41) is 11.5. The van der Waals surface area contributed by atoms with Gasteiger partial charge in [0.15, 0.2) is 17.2 Å². The molecule has 0 spiro atoms. The third kappa shape index (κ3) is 3.16. The summed E-state index contributed by atoms with van der Waals surface area (Å²) in [6.45, 7) is 2.67. The van der Waals surface area contributed by atoms with E-state index >= 15 is 0 Å². The van der Waals surface area contributed by atoms with E-state index in [4.69, 9.17) is 11.6 Å². The van der Waals surface area contributed by atoms with Gasteiger partial charge in [0.1, 0.15) is 5.02 Å². The highest BCUT2D eigenvalue weighted by molar-refractivity contribution is 6.37. The number of amides is 1. The number of halogens is 1. The average molecular weight is 367 g/mol. The van der Waals surface area contributed by atoms with Gasteiger partial charge in [-0.1, -0.05) is 41.4 Å². The van der Waals surface area contributed by atoms with Crippen LogP contribution in [-0.2, 0) is 6.54 Å². The van der Waals surface area contributed by atoms with E-state index in [-0.39, 0.29) is 10.7 Å². The molecule has 4 aromatic rings. The third-order valence-corrected chi connectivity index (χ3v) is 4.21. The molecule has 0 fully saturated rings. The van der Waals surface area contributed by atoms with Crippen molar-refractivity contribution >= 4 is 29.0 Å². The molecule has 0 atom stereocenters. The van der Waals surface area contributed by atoms with Crippen LogP contribution >= 0.6 is 11.6 Å². The normalized spacial score (nSPS) is 11.0. The molecule has 0 radical (unpaired) electrons. The van der Waals surface area contributed by atoms with Gasteiger partial charge >= 0.3 is 0 Å². The number of aromatic nitrogens is 5. The molecule has 7 nitrogen and oxygen atoms in total. The maximum atomic E-state index is 12.5. The summed E-state index contributed by atoms with van der Waals surface area (Å²) in [4.78, 5) is 16.6. The smallest absolute Gasteiger partial charge is 0.279 e. The summed E-state index contributed by atoms with van der Waals surface area (Å²) >= 11 is 6.21. The molecule has 0 unspecified atom stereocenters. The van der Waals surface area contributed by atoms with Crippen molar-refractivity contribution in [3.05, 3.63) is 76.8 Å². The zero-order chi connectivity index (χ0) is 18.1. The topological polar surface area (TPSA) is 77.1 Å². The standard InChI is InChI=1S/C18H15ClN6O/c1-12-4-2-5-13(10-12)11-24-9-6-14(22-24)21-18(26)16-15(19)17-20-7-3-8-25(17)23-16/h2-10H,11H2,1H3,(H,21,22,26). The van der Waals surface area contributed by atoms with Crippen molar-refractivity contribution in [1.29, 1.82) is 0 Å². The lowest BCUT2D eigenvalue weighted by Crippen LogP contribution is -2.14. The van der Waals surface area contributed by atoms with E-state index in [0.29, 0.717) is 18.0 Å². The zero-order valence-electron chi connectivity index (χ0n) is 13.9. The van der Waals surface area contributed by atoms with Crippen LogP contribution in [0.2, 0.25) is 5.02 Å². The first-order valence-corrected chi connectivity index (χ1v) is 8.37. The van der Waals surface area contributed by atoms with Crippen LogP contribution in [0.5, 0.6) is 0 Å². The number of carbonyl (C=O) groups is 1. The molecular formula is C18H15ClN6O. The van der Waals surface area contributed by atoms with Gasteiger partial charge in [-0.3, -0.25) is 9.48 Å². The second-order valence-corrected chi connectivity index (χ2v) is 6.27. The Morgan fingerprint density at radius 3 is 2.88 bits per heavy atom. The molecule has 0 bridgehead atoms. The molecule has 130 valence electrons. The average Bonchev–Trinajstić information content (AvgIpc) is 3.20. The van der Waals surface area contributed by atoms with Crippen LogP contribution in [0.1, 0.15) is 21.6 Å². The van der Waals surface area contributed by atoms with Crippen LogP contribution in [0.25, 0.3) is 5.65 Å². The van der Waals surface area contributed by atoms with Crippen molar-refractivity contribution in [2.45, 2.75) is 13.5 Å². The lowest BCUT2D eigenvalue weighted by atomic mass is 10.1. The van der Waals surface area contributed by atoms with Gasteiger partial charge in [0, 0.05) is 24.7 Å². The molecule has 1 N–H and O–H groups in total. The molecule has 8 heteroatoms. The van der Waals surface area contributed by atoms with Crippen LogP contribution in [-0.4, -0.2) is 30.3 Å². The fraction of sp³-hybridized carbons (Fsp3) is 0.111. The molecule has 0 aliphatic heterocycles. The monoisotopic (exact) mass is 366 g/mol. The first-order chi connectivity index (χ1) is 12.6. The Hall–Kier alpha value is -3.19. The SMILES string of the molecule is Cc1cccc(Cn2ccc(NC(=O)c3nn4cccnc4c3Cl)n2)c1. The zero-order valence-corrected chi connectivity index (χ0v) is 14.7. The van der Waals surface area contributed by atoms with Crippen molar-refractivity contribution in [3.63, 3.8) is 0 Å². The number of hydrogen-bond acceptors (Lipinski definition) is 4. The van der Waals surface area contributed by atoms with E-state index in [0.717, 1.165) is 5.56 Å². The Labute approximate surface area is 154 Å². The van der Waals surface area contributed by atoms with Gasteiger partial charge in [-0.05, 0) is 18.6 Å². The predicted octanol–water partition coefficient (Wildman–Crippen LogP) is 3.19. The maximum Gasteiger partial charge on any atom is 0.279 e. The van der Waals surface area contributed by atoms with Crippen molar-refractivity contribution < 1.29 is 4.79 Å². The van der Waals surface area contributed by atoms with E-state index in [1.165, 1.54) is 10.1 Å². The number of nitrogens with zero attached hydrogens (tertiary/aromatic N) is 5. The number of carbonyl (C=O) groups excluding carboxylic acids is 1. The number of nitrogens with one attached hydrogen (secondary N) is 1. The first-order valence-electron chi connectivity index (χ1n) is 7.99. The summed E-state index contributed by atoms with van der Waals surface area (Å²) in [5.41, 5.74) is 2.88. The highest BCUT2D eigenvalue weighted by Gasteiger charge is 2.19. The second kappa shape index (κ2) is 6.61. The van der Waals surface area contributed by atoms with E-state index in [2.05, 4.69) is 26.6 Å². The number of hydrogen-bond donors (Lipinski definition) is 1. The Morgan fingerprint density at radius 2 is 2.08 bits per heavy atom. The fourth-order valence-corrected chi connectivity index (χ4v) is 2.95. The Bertz CT molecular complexity index is 1100. The quantitative estimate of drug-likeness (QED) is 0.601. The van der Waals surface area contributed by atoms with E-state index < -0.39 is 5.91 Å². The summed E-state index contributed by atoms with van der Waals surface area (Å²) in [5.74, 6) is 0.00467. The molecule has 26 heavy (non-hydrogen) atoms. The third-order valence-electron chi connectivity index (χ3n) is 3.86. The number of benzene rings is 1. The van der Waals surface area contributed by atoms with E-state index in [9.17, 15) is 4.79 Å². The van der Waals surface area contributed by atoms with Crippen molar-refractivity contribution in [3.8, 4) is 0 Å². The van der Waals surface area contributed by atoms with Crippen LogP contribution in [0, 0.1) is 6.92 Å². The van der Waals surface area contributed by atoms with Gasteiger partial charge in [-0.15, -0.1) is 0 Å². The Morgan fingerprint density at radius 1 is 1.19 bits per heavy atom. The van der Waals surface area contributed by atoms with Gasteiger partial charge < -0.3 is 5.32 Å². The fourth-order valence-electron chi connectivity index (χ4n) is 2.69. The molecule has 3 aromatic heterocycles. The van der Waals surface area contributed by atoms with Gasteiger partial charge in [0.25, 0.3) is 5.91 Å².